The van der Waals surface area contributed by atoms with Crippen LogP contribution in [-0.2, 0) is 6.61 Å². The number of hydrogen-bond donors (Lipinski definition) is 1. The van der Waals surface area contributed by atoms with Crippen LogP contribution in [0.3, 0.4) is 0 Å². The molecule has 0 saturated heterocycles. The summed E-state index contributed by atoms with van der Waals surface area (Å²) in [5, 5.41) is 8.78. The molecule has 14 heavy (non-hydrogen) atoms. The molecule has 0 fully saturated rings. The van der Waals surface area contributed by atoms with Gasteiger partial charge in [-0.05, 0) is 18.2 Å². The molecular weight excluding hydrogens is 183 g/mol. The first-order valence-corrected chi connectivity index (χ1v) is 4.24. The van der Waals surface area contributed by atoms with Crippen molar-refractivity contribution in [3.8, 4) is 11.3 Å². The third-order valence-corrected chi connectivity index (χ3v) is 2.03. The fraction of sp³-hybridized carbons (Fsp3) is 0.0909. The van der Waals surface area contributed by atoms with Gasteiger partial charge in [0.05, 0.1) is 12.9 Å². The van der Waals surface area contributed by atoms with Gasteiger partial charge in [0.1, 0.15) is 11.6 Å². The van der Waals surface area contributed by atoms with Gasteiger partial charge < -0.3 is 9.52 Å². The highest BCUT2D eigenvalue weighted by Gasteiger charge is 2.05. The Morgan fingerprint density at radius 2 is 2.14 bits per heavy atom. The van der Waals surface area contributed by atoms with Crippen molar-refractivity contribution < 1.29 is 13.9 Å². The number of benzene rings is 1. The first kappa shape index (κ1) is 8.97. The van der Waals surface area contributed by atoms with E-state index in [4.69, 9.17) is 9.52 Å². The van der Waals surface area contributed by atoms with Crippen molar-refractivity contribution in [2.24, 2.45) is 0 Å². The Hall–Kier alpha value is -1.61. The molecule has 0 atom stereocenters. The normalized spacial score (nSPS) is 10.4. The Morgan fingerprint density at radius 3 is 2.71 bits per heavy atom. The van der Waals surface area contributed by atoms with E-state index in [0.717, 1.165) is 0 Å². The number of rotatable bonds is 2. The molecule has 0 unspecified atom stereocenters. The van der Waals surface area contributed by atoms with Crippen molar-refractivity contribution in [2.45, 2.75) is 6.61 Å². The monoisotopic (exact) mass is 192 g/mol. The quantitative estimate of drug-likeness (QED) is 0.793. The summed E-state index contributed by atoms with van der Waals surface area (Å²) in [5.74, 6) is 0.204. The Kier molecular flexibility index (Phi) is 2.33. The van der Waals surface area contributed by atoms with Crippen LogP contribution in [0.1, 0.15) is 5.56 Å². The van der Waals surface area contributed by atoms with Gasteiger partial charge in [-0.25, -0.2) is 4.39 Å². The summed E-state index contributed by atoms with van der Waals surface area (Å²) in [7, 11) is 0. The molecule has 0 aliphatic heterocycles. The molecule has 0 spiro atoms. The molecule has 0 radical (unpaired) electrons. The van der Waals surface area contributed by atoms with Crippen LogP contribution in [0.4, 0.5) is 4.39 Å². The van der Waals surface area contributed by atoms with Crippen molar-refractivity contribution in [3.05, 3.63) is 48.0 Å². The Labute approximate surface area is 80.6 Å². The molecule has 0 aliphatic carbocycles. The zero-order valence-electron chi connectivity index (χ0n) is 7.40. The molecule has 0 saturated carbocycles. The van der Waals surface area contributed by atoms with Gasteiger partial charge in [-0.1, -0.05) is 12.1 Å². The average molecular weight is 192 g/mol. The molecule has 1 N–H and O–H groups in total. The van der Waals surface area contributed by atoms with Gasteiger partial charge >= 0.3 is 0 Å². The van der Waals surface area contributed by atoms with Crippen molar-refractivity contribution in [2.75, 3.05) is 0 Å². The zero-order valence-corrected chi connectivity index (χ0v) is 7.40. The van der Waals surface area contributed by atoms with E-state index in [0.29, 0.717) is 16.9 Å². The van der Waals surface area contributed by atoms with Gasteiger partial charge in [0.25, 0.3) is 0 Å². The summed E-state index contributed by atoms with van der Waals surface area (Å²) in [6.45, 7) is -0.287. The lowest BCUT2D eigenvalue weighted by molar-refractivity contribution is 0.276. The van der Waals surface area contributed by atoms with Crippen LogP contribution in [-0.4, -0.2) is 5.11 Å². The molecule has 1 aromatic heterocycles. The summed E-state index contributed by atoms with van der Waals surface area (Å²) in [6, 6.07) is 8.12. The summed E-state index contributed by atoms with van der Waals surface area (Å²) in [4.78, 5) is 0. The second kappa shape index (κ2) is 3.64. The smallest absolute Gasteiger partial charge is 0.133 e. The van der Waals surface area contributed by atoms with E-state index >= 15 is 0 Å². The van der Waals surface area contributed by atoms with Gasteiger partial charge in [-0.3, -0.25) is 0 Å². The van der Waals surface area contributed by atoms with Gasteiger partial charge in [-0.2, -0.15) is 0 Å². The van der Waals surface area contributed by atoms with Crippen LogP contribution in [0.2, 0.25) is 0 Å². The molecule has 2 aromatic rings. The minimum Gasteiger partial charge on any atom is -0.464 e. The van der Waals surface area contributed by atoms with Crippen LogP contribution < -0.4 is 0 Å². The first-order valence-electron chi connectivity index (χ1n) is 4.24. The fourth-order valence-electron chi connectivity index (χ4n) is 1.27. The maximum atomic E-state index is 13.2. The highest BCUT2D eigenvalue weighted by molar-refractivity contribution is 5.57. The Balaban J connectivity index is 2.43. The van der Waals surface area contributed by atoms with E-state index in [1.807, 2.05) is 0 Å². The Morgan fingerprint density at radius 1 is 1.29 bits per heavy atom. The van der Waals surface area contributed by atoms with Crippen LogP contribution in [0.25, 0.3) is 11.3 Å². The highest BCUT2D eigenvalue weighted by atomic mass is 19.1. The molecule has 2 nitrogen and oxygen atoms in total. The van der Waals surface area contributed by atoms with Crippen LogP contribution in [0.5, 0.6) is 0 Å². The maximum Gasteiger partial charge on any atom is 0.133 e. The number of aliphatic hydroxyl groups is 1. The minimum atomic E-state index is -0.415. The largest absolute Gasteiger partial charge is 0.464 e. The Bertz CT molecular complexity index is 421. The molecule has 0 amide bonds. The lowest BCUT2D eigenvalue weighted by Gasteiger charge is -2.01. The third-order valence-electron chi connectivity index (χ3n) is 2.03. The van der Waals surface area contributed by atoms with Crippen LogP contribution in [0.15, 0.2) is 41.0 Å². The number of hydrogen-bond acceptors (Lipinski definition) is 2. The van der Waals surface area contributed by atoms with E-state index in [1.54, 1.807) is 24.3 Å². The van der Waals surface area contributed by atoms with E-state index in [1.165, 1.54) is 12.3 Å². The topological polar surface area (TPSA) is 33.4 Å². The van der Waals surface area contributed by atoms with Crippen LogP contribution >= 0.6 is 0 Å². The number of aliphatic hydroxyl groups excluding tert-OH is 1. The zero-order chi connectivity index (χ0) is 9.97. The first-order chi connectivity index (χ1) is 6.81. The molecule has 72 valence electrons. The molecule has 3 heteroatoms. The lowest BCUT2D eigenvalue weighted by Crippen LogP contribution is -1.89. The fourth-order valence-corrected chi connectivity index (χ4v) is 1.27. The summed E-state index contributed by atoms with van der Waals surface area (Å²) in [5.41, 5.74) is 0.963. The predicted molar refractivity (Wildman–Crippen MR) is 50.0 cm³/mol. The maximum absolute atomic E-state index is 13.2. The van der Waals surface area contributed by atoms with Gasteiger partial charge in [0.15, 0.2) is 0 Å². The predicted octanol–water partition coefficient (Wildman–Crippen LogP) is 2.58. The summed E-state index contributed by atoms with van der Waals surface area (Å²) < 4.78 is 18.4. The van der Waals surface area contributed by atoms with Crippen molar-refractivity contribution in [1.82, 2.24) is 0 Å². The lowest BCUT2D eigenvalue weighted by atomic mass is 10.1. The molecule has 0 aliphatic rings. The second-order valence-corrected chi connectivity index (χ2v) is 2.94. The van der Waals surface area contributed by atoms with Gasteiger partial charge in [0, 0.05) is 11.1 Å². The SMILES string of the molecule is OCc1ccc(-c2ccco2)cc1F. The molecule has 2 rings (SSSR count). The van der Waals surface area contributed by atoms with E-state index < -0.39 is 5.82 Å². The van der Waals surface area contributed by atoms with E-state index in [9.17, 15) is 4.39 Å². The van der Waals surface area contributed by atoms with Crippen molar-refractivity contribution in [3.63, 3.8) is 0 Å². The summed E-state index contributed by atoms with van der Waals surface area (Å²) in [6.07, 6.45) is 1.53. The number of furan rings is 1. The standard InChI is InChI=1S/C11H9FO2/c12-10-6-8(3-4-9(10)7-13)11-2-1-5-14-11/h1-6,13H,7H2. The van der Waals surface area contributed by atoms with E-state index in [2.05, 4.69) is 0 Å². The third kappa shape index (κ3) is 1.54. The summed E-state index contributed by atoms with van der Waals surface area (Å²) >= 11 is 0. The van der Waals surface area contributed by atoms with Gasteiger partial charge in [-0.15, -0.1) is 0 Å². The average Bonchev–Trinajstić information content (AvgIpc) is 2.70. The second-order valence-electron chi connectivity index (χ2n) is 2.94. The molecule has 0 bridgehead atoms. The van der Waals surface area contributed by atoms with Crippen LogP contribution in [0, 0.1) is 5.82 Å². The van der Waals surface area contributed by atoms with Crippen molar-refractivity contribution in [1.29, 1.82) is 0 Å². The van der Waals surface area contributed by atoms with Crippen molar-refractivity contribution >= 4 is 0 Å². The molecule has 1 heterocycles. The molecule has 1 aromatic carbocycles. The van der Waals surface area contributed by atoms with E-state index in [-0.39, 0.29) is 6.61 Å². The number of halogens is 1. The van der Waals surface area contributed by atoms with Gasteiger partial charge in [0.2, 0.25) is 0 Å². The minimum absolute atomic E-state index is 0.287. The highest BCUT2D eigenvalue weighted by Crippen LogP contribution is 2.22. The molecular formula is C11H9FO2.